The van der Waals surface area contributed by atoms with Gasteiger partial charge in [-0.2, -0.15) is 0 Å². The second-order valence-corrected chi connectivity index (χ2v) is 6.04. The van der Waals surface area contributed by atoms with E-state index in [1.807, 2.05) is 36.4 Å². The Hall–Kier alpha value is -1.89. The van der Waals surface area contributed by atoms with Crippen LogP contribution in [0.25, 0.3) is 0 Å². The topological polar surface area (TPSA) is 86.3 Å². The summed E-state index contributed by atoms with van der Waals surface area (Å²) in [6.07, 6.45) is 3.28. The summed E-state index contributed by atoms with van der Waals surface area (Å²) in [5.74, 6) is 0. The summed E-state index contributed by atoms with van der Waals surface area (Å²) >= 11 is 1.29. The molecule has 0 bridgehead atoms. The van der Waals surface area contributed by atoms with Crippen LogP contribution in [0.1, 0.15) is 12.0 Å². The monoisotopic (exact) mass is 278 g/mol. The molecule has 1 heterocycles. The highest BCUT2D eigenvalue weighted by Gasteiger charge is 2.80. The number of nitro groups is 2. The van der Waals surface area contributed by atoms with E-state index in [9.17, 15) is 20.2 Å². The Kier molecular flexibility index (Phi) is 2.43. The number of thioether (sulfide) groups is 1. The fourth-order valence-electron chi connectivity index (χ4n) is 2.66. The predicted molar refractivity (Wildman–Crippen MR) is 70.0 cm³/mol. The van der Waals surface area contributed by atoms with Crippen molar-refractivity contribution >= 4 is 11.8 Å². The fourth-order valence-corrected chi connectivity index (χ4v) is 4.29. The van der Waals surface area contributed by atoms with Crippen molar-refractivity contribution in [2.75, 3.05) is 0 Å². The summed E-state index contributed by atoms with van der Waals surface area (Å²) < 4.78 is -0.611. The molecule has 0 N–H and O–H groups in total. The molecule has 1 aliphatic carbocycles. The van der Waals surface area contributed by atoms with Gasteiger partial charge in [0, 0.05) is 0 Å². The number of hydrogen-bond donors (Lipinski definition) is 0. The lowest BCUT2D eigenvalue weighted by molar-refractivity contribution is -0.794. The van der Waals surface area contributed by atoms with Crippen molar-refractivity contribution in [2.45, 2.75) is 22.1 Å². The first-order valence-electron chi connectivity index (χ1n) is 5.74. The minimum absolute atomic E-state index is 0.154. The Morgan fingerprint density at radius 1 is 1.16 bits per heavy atom. The van der Waals surface area contributed by atoms with Crippen LogP contribution in [0.15, 0.2) is 42.5 Å². The zero-order chi connectivity index (χ0) is 13.7. The molecule has 2 aliphatic rings. The molecule has 0 saturated carbocycles. The quantitative estimate of drug-likeness (QED) is 0.278. The highest BCUT2D eigenvalue weighted by molar-refractivity contribution is 8.08. The lowest BCUT2D eigenvalue weighted by Gasteiger charge is -2.21. The van der Waals surface area contributed by atoms with E-state index >= 15 is 0 Å². The molecule has 0 radical (unpaired) electrons. The zero-order valence-corrected chi connectivity index (χ0v) is 10.6. The van der Waals surface area contributed by atoms with Crippen LogP contribution in [0.3, 0.4) is 0 Å². The third kappa shape index (κ3) is 1.45. The van der Waals surface area contributed by atoms with Crippen LogP contribution in [0.4, 0.5) is 0 Å². The predicted octanol–water partition coefficient (Wildman–Crippen LogP) is 2.21. The van der Waals surface area contributed by atoms with Gasteiger partial charge in [0.15, 0.2) is 5.25 Å². The summed E-state index contributed by atoms with van der Waals surface area (Å²) in [5, 5.41) is 21.8. The molecule has 1 saturated heterocycles. The van der Waals surface area contributed by atoms with Crippen LogP contribution < -0.4 is 0 Å². The number of nitrogens with zero attached hydrogens (tertiary/aromatic N) is 2. The van der Waals surface area contributed by atoms with Gasteiger partial charge < -0.3 is 0 Å². The Morgan fingerprint density at radius 3 is 2.37 bits per heavy atom. The molecule has 0 aromatic heterocycles. The van der Waals surface area contributed by atoms with Gasteiger partial charge in [-0.1, -0.05) is 42.5 Å². The highest BCUT2D eigenvalue weighted by atomic mass is 32.2. The van der Waals surface area contributed by atoms with Gasteiger partial charge in [0.05, 0.1) is 4.75 Å². The molecule has 2 atom stereocenters. The molecule has 1 aromatic carbocycles. The molecule has 6 nitrogen and oxygen atoms in total. The Balaban J connectivity index is 2.08. The molecular formula is C12H10N2O4S. The third-order valence-electron chi connectivity index (χ3n) is 3.71. The summed E-state index contributed by atoms with van der Waals surface area (Å²) in [5.41, 5.74) is -1.22. The zero-order valence-electron chi connectivity index (χ0n) is 9.76. The summed E-state index contributed by atoms with van der Waals surface area (Å²) in [6.45, 7) is 0. The van der Waals surface area contributed by atoms with Crippen molar-refractivity contribution in [2.24, 2.45) is 0 Å². The molecule has 1 fully saturated rings. The number of benzene rings is 1. The highest BCUT2D eigenvalue weighted by Crippen LogP contribution is 2.69. The van der Waals surface area contributed by atoms with Gasteiger partial charge in [-0.25, -0.2) is 0 Å². The SMILES string of the molecule is O=[N+]([O-])C1([N+](=O)[O-])CC=CC2(c3ccccc3)SC21. The first-order chi connectivity index (χ1) is 9.04. The molecule has 0 amide bonds. The van der Waals surface area contributed by atoms with Crippen LogP contribution in [0.5, 0.6) is 0 Å². The van der Waals surface area contributed by atoms with Gasteiger partial charge in [-0.05, 0) is 5.56 Å². The fraction of sp³-hybridized carbons (Fsp3) is 0.333. The van der Waals surface area contributed by atoms with Gasteiger partial charge in [0.2, 0.25) is 0 Å². The minimum atomic E-state index is -2.10. The maximum atomic E-state index is 11.2. The van der Waals surface area contributed by atoms with Crippen LogP contribution in [-0.2, 0) is 4.75 Å². The maximum absolute atomic E-state index is 11.2. The molecule has 0 spiro atoms. The van der Waals surface area contributed by atoms with Crippen LogP contribution >= 0.6 is 11.8 Å². The lowest BCUT2D eigenvalue weighted by Crippen LogP contribution is -2.53. The van der Waals surface area contributed by atoms with E-state index in [4.69, 9.17) is 0 Å². The van der Waals surface area contributed by atoms with Gasteiger partial charge in [-0.3, -0.25) is 20.2 Å². The average Bonchev–Trinajstić information content (AvgIpc) is 3.15. The van der Waals surface area contributed by atoms with E-state index in [1.54, 1.807) is 6.08 Å². The number of hydrogen-bond acceptors (Lipinski definition) is 5. The lowest BCUT2D eigenvalue weighted by atomic mass is 9.83. The molecule has 3 rings (SSSR count). The Labute approximate surface area is 112 Å². The van der Waals surface area contributed by atoms with Crippen LogP contribution in [0.2, 0.25) is 0 Å². The van der Waals surface area contributed by atoms with E-state index in [0.29, 0.717) is 0 Å². The average molecular weight is 278 g/mol. The van der Waals surface area contributed by atoms with E-state index < -0.39 is 25.5 Å². The van der Waals surface area contributed by atoms with Crippen molar-refractivity contribution in [3.8, 4) is 0 Å². The Bertz CT molecular complexity index is 575. The standard InChI is InChI=1S/C12H10N2O4S/c15-13(16)12(14(17)18)8-4-7-11(10(12)19-11)9-5-2-1-3-6-9/h1-7,10H,8H2. The van der Waals surface area contributed by atoms with Gasteiger partial charge >= 0.3 is 5.66 Å². The van der Waals surface area contributed by atoms with Crippen molar-refractivity contribution in [1.29, 1.82) is 0 Å². The molecule has 2 unspecified atom stereocenters. The van der Waals surface area contributed by atoms with Crippen molar-refractivity contribution in [1.82, 2.24) is 0 Å². The van der Waals surface area contributed by atoms with Crippen LogP contribution in [-0.4, -0.2) is 20.8 Å². The van der Waals surface area contributed by atoms with E-state index in [1.165, 1.54) is 11.8 Å². The van der Waals surface area contributed by atoms with Crippen molar-refractivity contribution in [3.05, 3.63) is 68.3 Å². The molecule has 7 heteroatoms. The molecule has 1 aliphatic heterocycles. The van der Waals surface area contributed by atoms with Crippen molar-refractivity contribution < 1.29 is 9.85 Å². The molecule has 1 aromatic rings. The van der Waals surface area contributed by atoms with Gasteiger partial charge in [-0.15, -0.1) is 11.8 Å². The second kappa shape index (κ2) is 3.80. The first kappa shape index (κ1) is 12.2. The molecule has 19 heavy (non-hydrogen) atoms. The van der Waals surface area contributed by atoms with Crippen molar-refractivity contribution in [3.63, 3.8) is 0 Å². The van der Waals surface area contributed by atoms with Crippen LogP contribution in [0, 0.1) is 20.2 Å². The minimum Gasteiger partial charge on any atom is -0.258 e. The van der Waals surface area contributed by atoms with E-state index in [2.05, 4.69) is 0 Å². The number of rotatable bonds is 3. The maximum Gasteiger partial charge on any atom is 0.475 e. The largest absolute Gasteiger partial charge is 0.475 e. The molecule has 98 valence electrons. The van der Waals surface area contributed by atoms with E-state index in [-0.39, 0.29) is 6.42 Å². The third-order valence-corrected chi connectivity index (χ3v) is 5.43. The van der Waals surface area contributed by atoms with Gasteiger partial charge in [0.25, 0.3) is 0 Å². The molecular weight excluding hydrogens is 268 g/mol. The summed E-state index contributed by atoms with van der Waals surface area (Å²) in [7, 11) is 0. The smallest absolute Gasteiger partial charge is 0.258 e. The first-order valence-corrected chi connectivity index (χ1v) is 6.62. The number of fused-ring (bicyclic) bond motifs is 1. The second-order valence-electron chi connectivity index (χ2n) is 4.66. The summed E-state index contributed by atoms with van der Waals surface area (Å²) in [4.78, 5) is 21.0. The van der Waals surface area contributed by atoms with Gasteiger partial charge in [0.1, 0.15) is 16.3 Å². The Morgan fingerprint density at radius 2 is 1.79 bits per heavy atom. The van der Waals surface area contributed by atoms with E-state index in [0.717, 1.165) is 5.56 Å². The summed E-state index contributed by atoms with van der Waals surface area (Å²) in [6, 6.07) is 9.23. The normalized spacial score (nSPS) is 30.4.